The second-order valence-corrected chi connectivity index (χ2v) is 7.15. The number of hydrogen-bond acceptors (Lipinski definition) is 6. The van der Waals surface area contributed by atoms with E-state index >= 15 is 0 Å². The number of benzene rings is 1. The number of aryl methyl sites for hydroxylation is 2. The molecule has 0 spiro atoms. The van der Waals surface area contributed by atoms with Crippen LogP contribution in [0.4, 0.5) is 5.13 Å². The predicted octanol–water partition coefficient (Wildman–Crippen LogP) is 3.43. The molecule has 0 saturated heterocycles. The van der Waals surface area contributed by atoms with Gasteiger partial charge in [0.2, 0.25) is 5.13 Å². The van der Waals surface area contributed by atoms with E-state index in [1.54, 1.807) is 0 Å². The van der Waals surface area contributed by atoms with Gasteiger partial charge in [0.25, 0.3) is 0 Å². The van der Waals surface area contributed by atoms with Crippen molar-refractivity contribution in [2.24, 2.45) is 0 Å². The Kier molecular flexibility index (Phi) is 4.55. The van der Waals surface area contributed by atoms with Crippen molar-refractivity contribution in [2.45, 2.75) is 30.5 Å². The number of nitrogens with zero attached hydrogens (tertiary/aromatic N) is 2. The van der Waals surface area contributed by atoms with Gasteiger partial charge in [0.05, 0.1) is 5.75 Å². The van der Waals surface area contributed by atoms with Crippen LogP contribution in [0.1, 0.15) is 34.8 Å². The second-order valence-electron chi connectivity index (χ2n) is 4.95. The first-order valence-electron chi connectivity index (χ1n) is 7.11. The van der Waals surface area contributed by atoms with Gasteiger partial charge in [-0.3, -0.25) is 4.79 Å². The molecule has 4 nitrogen and oxygen atoms in total. The van der Waals surface area contributed by atoms with Crippen LogP contribution in [0.2, 0.25) is 0 Å². The van der Waals surface area contributed by atoms with E-state index in [9.17, 15) is 4.79 Å². The van der Waals surface area contributed by atoms with E-state index in [1.807, 2.05) is 13.0 Å². The fraction of sp³-hybridized carbons (Fsp3) is 0.400. The normalized spacial score (nSPS) is 13.2. The third kappa shape index (κ3) is 3.44. The summed E-state index contributed by atoms with van der Waals surface area (Å²) < 4.78 is 0.834. The average Bonchev–Trinajstić information content (AvgIpc) is 3.13. The van der Waals surface area contributed by atoms with Gasteiger partial charge in [-0.25, -0.2) is 0 Å². The molecule has 0 saturated carbocycles. The summed E-state index contributed by atoms with van der Waals surface area (Å²) in [5, 5.41) is 12.0. The van der Waals surface area contributed by atoms with Crippen molar-refractivity contribution < 1.29 is 4.79 Å². The lowest BCUT2D eigenvalue weighted by atomic mass is 10.0. The van der Waals surface area contributed by atoms with E-state index in [2.05, 4.69) is 27.6 Å². The second kappa shape index (κ2) is 6.58. The molecular weight excluding hydrogens is 302 g/mol. The minimum atomic E-state index is 0.162. The van der Waals surface area contributed by atoms with Crippen LogP contribution in [0.25, 0.3) is 0 Å². The fourth-order valence-electron chi connectivity index (χ4n) is 2.45. The summed E-state index contributed by atoms with van der Waals surface area (Å²) in [6.45, 7) is 2.85. The van der Waals surface area contributed by atoms with Crippen LogP contribution in [0.15, 0.2) is 22.5 Å². The summed E-state index contributed by atoms with van der Waals surface area (Å²) in [5.41, 5.74) is 3.56. The van der Waals surface area contributed by atoms with E-state index < -0.39 is 0 Å². The first-order chi connectivity index (χ1) is 10.3. The molecule has 3 rings (SSSR count). The molecule has 0 radical (unpaired) electrons. The van der Waals surface area contributed by atoms with Crippen LogP contribution in [0, 0.1) is 0 Å². The molecule has 1 aromatic carbocycles. The molecule has 110 valence electrons. The Morgan fingerprint density at radius 3 is 3.05 bits per heavy atom. The summed E-state index contributed by atoms with van der Waals surface area (Å²) in [6.07, 6.45) is 3.46. The van der Waals surface area contributed by atoms with Crippen molar-refractivity contribution in [1.82, 2.24) is 10.2 Å². The van der Waals surface area contributed by atoms with E-state index in [1.165, 1.54) is 40.6 Å². The van der Waals surface area contributed by atoms with Crippen LogP contribution in [-0.4, -0.2) is 28.3 Å². The number of fused-ring (bicyclic) bond motifs is 1. The number of ketones is 1. The van der Waals surface area contributed by atoms with Crippen LogP contribution in [-0.2, 0) is 12.8 Å². The Labute approximate surface area is 132 Å². The molecule has 1 heterocycles. The van der Waals surface area contributed by atoms with Gasteiger partial charge < -0.3 is 5.32 Å². The SMILES string of the molecule is CCNc1nnc(SCC(=O)c2ccc3c(c2)CCC3)s1. The summed E-state index contributed by atoms with van der Waals surface area (Å²) in [6, 6.07) is 6.13. The lowest BCUT2D eigenvalue weighted by molar-refractivity contribution is 0.102. The third-order valence-electron chi connectivity index (χ3n) is 3.48. The predicted molar refractivity (Wildman–Crippen MR) is 87.6 cm³/mol. The summed E-state index contributed by atoms with van der Waals surface area (Å²) in [5.74, 6) is 0.578. The maximum atomic E-state index is 12.3. The Balaban J connectivity index is 1.60. The van der Waals surface area contributed by atoms with E-state index in [0.717, 1.165) is 34.4 Å². The number of nitrogens with one attached hydrogen (secondary N) is 1. The van der Waals surface area contributed by atoms with Crippen molar-refractivity contribution in [2.75, 3.05) is 17.6 Å². The van der Waals surface area contributed by atoms with E-state index in [4.69, 9.17) is 0 Å². The van der Waals surface area contributed by atoms with Crippen molar-refractivity contribution in [3.05, 3.63) is 34.9 Å². The van der Waals surface area contributed by atoms with E-state index in [-0.39, 0.29) is 5.78 Å². The molecule has 0 fully saturated rings. The zero-order valence-corrected chi connectivity index (χ0v) is 13.5. The Morgan fingerprint density at radius 2 is 2.19 bits per heavy atom. The number of aromatic nitrogens is 2. The maximum absolute atomic E-state index is 12.3. The monoisotopic (exact) mass is 319 g/mol. The molecule has 0 amide bonds. The standard InChI is InChI=1S/C15H17N3OS2/c1-2-16-14-17-18-15(21-14)20-9-13(19)12-7-6-10-4-3-5-11(10)8-12/h6-8H,2-5,9H2,1H3,(H,16,17). The first kappa shape index (κ1) is 14.5. The highest BCUT2D eigenvalue weighted by molar-refractivity contribution is 8.01. The quantitative estimate of drug-likeness (QED) is 0.653. The highest BCUT2D eigenvalue weighted by Gasteiger charge is 2.15. The molecular formula is C15H17N3OS2. The number of hydrogen-bond donors (Lipinski definition) is 1. The Morgan fingerprint density at radius 1 is 1.33 bits per heavy atom. The zero-order chi connectivity index (χ0) is 14.7. The molecule has 2 aromatic rings. The van der Waals surface area contributed by atoms with Gasteiger partial charge in [-0.1, -0.05) is 35.2 Å². The molecule has 1 aliphatic carbocycles. The van der Waals surface area contributed by atoms with Crippen molar-refractivity contribution >= 4 is 34.0 Å². The highest BCUT2D eigenvalue weighted by Crippen LogP contribution is 2.27. The number of carbonyl (C=O) groups excluding carboxylic acids is 1. The number of rotatable bonds is 6. The Bertz CT molecular complexity index is 654. The number of anilines is 1. The third-order valence-corrected chi connectivity index (χ3v) is 5.50. The minimum Gasteiger partial charge on any atom is -0.360 e. The highest BCUT2D eigenvalue weighted by atomic mass is 32.2. The fourth-order valence-corrected chi connectivity index (χ4v) is 4.16. The first-order valence-corrected chi connectivity index (χ1v) is 8.91. The molecule has 0 atom stereocenters. The molecule has 6 heteroatoms. The summed E-state index contributed by atoms with van der Waals surface area (Å²) in [4.78, 5) is 12.3. The smallest absolute Gasteiger partial charge is 0.206 e. The lowest BCUT2D eigenvalue weighted by Crippen LogP contribution is -2.03. The van der Waals surface area contributed by atoms with Gasteiger partial charge >= 0.3 is 0 Å². The number of carbonyl (C=O) groups is 1. The van der Waals surface area contributed by atoms with Crippen LogP contribution >= 0.6 is 23.1 Å². The largest absolute Gasteiger partial charge is 0.360 e. The van der Waals surface area contributed by atoms with Crippen molar-refractivity contribution in [3.8, 4) is 0 Å². The van der Waals surface area contributed by atoms with Gasteiger partial charge in [-0.2, -0.15) is 0 Å². The van der Waals surface area contributed by atoms with Crippen LogP contribution in [0.5, 0.6) is 0 Å². The van der Waals surface area contributed by atoms with Crippen LogP contribution in [0.3, 0.4) is 0 Å². The molecule has 0 bridgehead atoms. The van der Waals surface area contributed by atoms with Gasteiger partial charge in [0.1, 0.15) is 0 Å². The molecule has 1 aromatic heterocycles. The van der Waals surface area contributed by atoms with Gasteiger partial charge in [-0.05, 0) is 43.4 Å². The summed E-state index contributed by atoms with van der Waals surface area (Å²) in [7, 11) is 0. The minimum absolute atomic E-state index is 0.162. The number of Topliss-reactive ketones (excluding diaryl/α,β-unsaturated/α-hetero) is 1. The molecule has 21 heavy (non-hydrogen) atoms. The number of thioether (sulfide) groups is 1. The molecule has 1 aliphatic rings. The average molecular weight is 319 g/mol. The molecule has 0 aliphatic heterocycles. The Hall–Kier alpha value is -1.40. The zero-order valence-electron chi connectivity index (χ0n) is 11.9. The molecule has 1 N–H and O–H groups in total. The molecule has 0 unspecified atom stereocenters. The van der Waals surface area contributed by atoms with E-state index in [0.29, 0.717) is 5.75 Å². The van der Waals surface area contributed by atoms with Gasteiger partial charge in [0.15, 0.2) is 10.1 Å². The van der Waals surface area contributed by atoms with Gasteiger partial charge in [-0.15, -0.1) is 10.2 Å². The summed E-state index contributed by atoms with van der Waals surface area (Å²) >= 11 is 2.95. The maximum Gasteiger partial charge on any atom is 0.206 e. The van der Waals surface area contributed by atoms with Gasteiger partial charge in [0, 0.05) is 12.1 Å². The van der Waals surface area contributed by atoms with Crippen molar-refractivity contribution in [1.29, 1.82) is 0 Å². The van der Waals surface area contributed by atoms with Crippen molar-refractivity contribution in [3.63, 3.8) is 0 Å². The van der Waals surface area contributed by atoms with Crippen LogP contribution < -0.4 is 5.32 Å². The topological polar surface area (TPSA) is 54.9 Å². The lowest BCUT2D eigenvalue weighted by Gasteiger charge is -2.03.